The largest absolute Gasteiger partial charge is 0.326 e. The first-order valence-electron chi connectivity index (χ1n) is 11.0. The van der Waals surface area contributed by atoms with Gasteiger partial charge in [-0.2, -0.15) is 0 Å². The average Bonchev–Trinajstić information content (AvgIpc) is 3.56. The molecule has 35 heavy (non-hydrogen) atoms. The van der Waals surface area contributed by atoms with Crippen molar-refractivity contribution in [1.82, 2.24) is 15.0 Å². The highest BCUT2D eigenvalue weighted by atomic mass is 35.5. The third kappa shape index (κ3) is 6.06. The molecule has 2 fully saturated rings. The van der Waals surface area contributed by atoms with Gasteiger partial charge in [-0.15, -0.1) is 0 Å². The van der Waals surface area contributed by atoms with Crippen LogP contribution in [0.25, 0.3) is 0 Å². The van der Waals surface area contributed by atoms with E-state index in [0.717, 1.165) is 12.8 Å². The number of carbonyl (C=O) groups is 2. The predicted octanol–water partition coefficient (Wildman–Crippen LogP) is 3.73. The number of hydrogen-bond acceptors (Lipinski definition) is 4. The number of benzene rings is 1. The van der Waals surface area contributed by atoms with Gasteiger partial charge in [-0.25, -0.2) is 18.9 Å². The molecule has 8 nitrogen and oxygen atoms in total. The number of nitrogens with one attached hydrogen (secondary N) is 3. The minimum absolute atomic E-state index is 0.118. The SMILES string of the molecule is C=S(C)(=O)NCC1(c2ccc(N3CCC[C@@H](NC(=O)Nc4ncc(Cl)cc4Cl)C3=O)cc2F)CC1. The molecule has 2 aliphatic rings. The summed E-state index contributed by atoms with van der Waals surface area (Å²) in [6.07, 6.45) is 5.49. The molecule has 1 aromatic heterocycles. The second-order valence-corrected chi connectivity index (χ2v) is 12.2. The van der Waals surface area contributed by atoms with Crippen LogP contribution >= 0.6 is 23.2 Å². The summed E-state index contributed by atoms with van der Waals surface area (Å²) in [7, 11) is -2.39. The lowest BCUT2D eigenvalue weighted by molar-refractivity contribution is -0.121. The summed E-state index contributed by atoms with van der Waals surface area (Å²) in [6.45, 7) is 0.784. The summed E-state index contributed by atoms with van der Waals surface area (Å²) < 4.78 is 29.9. The zero-order valence-corrected chi connectivity index (χ0v) is 21.4. The van der Waals surface area contributed by atoms with Crippen molar-refractivity contribution in [2.75, 3.05) is 29.6 Å². The fourth-order valence-corrected chi connectivity index (χ4v) is 5.17. The Balaban J connectivity index is 1.43. The van der Waals surface area contributed by atoms with Crippen molar-refractivity contribution in [3.63, 3.8) is 0 Å². The molecule has 4 rings (SSSR count). The molecule has 2 aromatic rings. The summed E-state index contributed by atoms with van der Waals surface area (Å²) in [5.74, 6) is 2.95. The number of urea groups is 1. The van der Waals surface area contributed by atoms with E-state index in [-0.39, 0.29) is 16.7 Å². The Labute approximate surface area is 213 Å². The third-order valence-electron chi connectivity index (χ3n) is 6.19. The number of piperidine rings is 1. The number of pyridine rings is 1. The minimum Gasteiger partial charge on any atom is -0.326 e. The normalized spacial score (nSPS) is 20.7. The molecule has 1 aliphatic carbocycles. The van der Waals surface area contributed by atoms with Crippen LogP contribution in [0, 0.1) is 5.82 Å². The number of carbonyl (C=O) groups excluding carboxylic acids is 2. The molecule has 3 N–H and O–H groups in total. The van der Waals surface area contributed by atoms with Gasteiger partial charge in [-0.05, 0) is 55.3 Å². The first-order valence-corrected chi connectivity index (χ1v) is 13.9. The summed E-state index contributed by atoms with van der Waals surface area (Å²) in [5.41, 5.74) is 0.540. The van der Waals surface area contributed by atoms with Gasteiger partial charge in [0.25, 0.3) is 0 Å². The Bertz CT molecular complexity index is 1270. The van der Waals surface area contributed by atoms with Crippen molar-refractivity contribution in [1.29, 1.82) is 0 Å². The maximum absolute atomic E-state index is 15.1. The van der Waals surface area contributed by atoms with E-state index in [1.807, 2.05) is 0 Å². The number of nitrogens with zero attached hydrogens (tertiary/aromatic N) is 2. The first kappa shape index (κ1) is 25.7. The molecule has 1 aliphatic heterocycles. The number of aromatic nitrogens is 1. The molecule has 12 heteroatoms. The van der Waals surface area contributed by atoms with Crippen LogP contribution in [-0.2, 0) is 19.9 Å². The monoisotopic (exact) mass is 541 g/mol. The highest BCUT2D eigenvalue weighted by Crippen LogP contribution is 2.49. The van der Waals surface area contributed by atoms with Crippen LogP contribution in [0.1, 0.15) is 31.2 Å². The highest BCUT2D eigenvalue weighted by Gasteiger charge is 2.46. The van der Waals surface area contributed by atoms with E-state index >= 15 is 4.39 Å². The van der Waals surface area contributed by atoms with Crippen LogP contribution in [0.4, 0.5) is 20.7 Å². The van der Waals surface area contributed by atoms with Gasteiger partial charge in [0.1, 0.15) is 11.9 Å². The summed E-state index contributed by atoms with van der Waals surface area (Å²) in [4.78, 5) is 31.0. The number of halogens is 3. The minimum atomic E-state index is -2.39. The Morgan fingerprint density at radius 3 is 2.71 bits per heavy atom. The molecule has 1 aromatic carbocycles. The quantitative estimate of drug-likeness (QED) is 0.464. The van der Waals surface area contributed by atoms with Crippen molar-refractivity contribution >= 4 is 62.2 Å². The van der Waals surface area contributed by atoms with Crippen molar-refractivity contribution in [3.8, 4) is 0 Å². The standard InChI is InChI=1S/C23H26Cl2FN5O3S/c1-35(2,34)28-13-23(7-8-23)16-6-5-15(11-18(16)26)31-9-3-4-19(21(31)32)29-22(33)30-20-17(25)10-14(24)12-27-20/h5-6,10-12,19H,1,3-4,7-9,13H2,2H3,(H,28,34)(H2,27,29,30,33)/t19-,35?/m1/s1. The van der Waals surface area contributed by atoms with Crippen LogP contribution < -0.4 is 20.3 Å². The molecule has 2 heterocycles. The second-order valence-electron chi connectivity index (χ2n) is 9.04. The fraction of sp³-hybridized carbons (Fsp3) is 0.391. The molecule has 188 valence electrons. The molecular formula is C23H26Cl2FN5O3S. The van der Waals surface area contributed by atoms with Crippen molar-refractivity contribution < 1.29 is 18.2 Å². The van der Waals surface area contributed by atoms with Crippen LogP contribution in [0.5, 0.6) is 0 Å². The Morgan fingerprint density at radius 1 is 1.34 bits per heavy atom. The van der Waals surface area contributed by atoms with Gasteiger partial charge in [0.05, 0.1) is 10.0 Å². The van der Waals surface area contributed by atoms with Gasteiger partial charge in [0.15, 0.2) is 5.82 Å². The lowest BCUT2D eigenvalue weighted by atomic mass is 9.94. The van der Waals surface area contributed by atoms with Crippen molar-refractivity contribution in [2.45, 2.75) is 37.1 Å². The third-order valence-corrected chi connectivity index (χ3v) is 7.44. The average molecular weight is 542 g/mol. The van der Waals surface area contributed by atoms with Gasteiger partial charge in [0, 0.05) is 46.4 Å². The van der Waals surface area contributed by atoms with E-state index in [0.29, 0.717) is 42.2 Å². The van der Waals surface area contributed by atoms with Crippen molar-refractivity contribution in [3.05, 3.63) is 51.9 Å². The molecule has 0 bridgehead atoms. The van der Waals surface area contributed by atoms with Gasteiger partial charge < -0.3 is 10.2 Å². The van der Waals surface area contributed by atoms with E-state index in [9.17, 15) is 13.8 Å². The van der Waals surface area contributed by atoms with Crippen LogP contribution in [0.3, 0.4) is 0 Å². The summed E-state index contributed by atoms with van der Waals surface area (Å²) in [5, 5.41) is 5.64. The lowest BCUT2D eigenvalue weighted by Crippen LogP contribution is -2.53. The topological polar surface area (TPSA) is 103 Å². The zero-order chi connectivity index (χ0) is 25.4. The Kier molecular flexibility index (Phi) is 7.28. The van der Waals surface area contributed by atoms with Crippen LogP contribution in [0.15, 0.2) is 30.5 Å². The molecule has 2 atom stereocenters. The van der Waals surface area contributed by atoms with Gasteiger partial charge in [0.2, 0.25) is 5.91 Å². The smallest absolute Gasteiger partial charge is 0.321 e. The lowest BCUT2D eigenvalue weighted by Gasteiger charge is -2.33. The zero-order valence-electron chi connectivity index (χ0n) is 19.1. The van der Waals surface area contributed by atoms with E-state index in [1.54, 1.807) is 12.1 Å². The van der Waals surface area contributed by atoms with Gasteiger partial charge in [-0.1, -0.05) is 29.3 Å². The van der Waals surface area contributed by atoms with E-state index in [1.165, 1.54) is 29.5 Å². The Morgan fingerprint density at radius 2 is 2.09 bits per heavy atom. The maximum atomic E-state index is 15.1. The molecule has 1 unspecified atom stereocenters. The summed E-state index contributed by atoms with van der Waals surface area (Å²) in [6, 6.07) is 4.77. The van der Waals surface area contributed by atoms with E-state index in [4.69, 9.17) is 23.2 Å². The molecule has 1 saturated carbocycles. The Hall–Kier alpha value is -2.40. The number of amides is 3. The van der Waals surface area contributed by atoms with Crippen LogP contribution in [-0.4, -0.2) is 52.4 Å². The number of anilines is 2. The molecule has 0 radical (unpaired) electrons. The first-order chi connectivity index (χ1) is 16.5. The number of hydrogen-bond donors (Lipinski definition) is 3. The highest BCUT2D eigenvalue weighted by molar-refractivity contribution is 7.97. The molecule has 0 spiro atoms. The van der Waals surface area contributed by atoms with Crippen LogP contribution in [0.2, 0.25) is 10.0 Å². The molecule has 3 amide bonds. The second kappa shape index (κ2) is 9.93. The van der Waals surface area contributed by atoms with Gasteiger partial charge >= 0.3 is 6.03 Å². The summed E-state index contributed by atoms with van der Waals surface area (Å²) >= 11 is 11.8. The number of rotatable bonds is 7. The van der Waals surface area contributed by atoms with Gasteiger partial charge in [-0.3, -0.25) is 14.3 Å². The van der Waals surface area contributed by atoms with E-state index in [2.05, 4.69) is 26.2 Å². The maximum Gasteiger partial charge on any atom is 0.321 e. The fourth-order valence-electron chi connectivity index (χ4n) is 4.16. The molecule has 1 saturated heterocycles. The van der Waals surface area contributed by atoms with E-state index < -0.39 is 33.0 Å². The van der Waals surface area contributed by atoms with Crippen molar-refractivity contribution in [2.24, 2.45) is 0 Å². The predicted molar refractivity (Wildman–Crippen MR) is 138 cm³/mol. The molecular weight excluding hydrogens is 516 g/mol.